The van der Waals surface area contributed by atoms with Crippen LogP contribution in [-0.2, 0) is 0 Å². The second-order valence-electron chi connectivity index (χ2n) is 2.54. The van der Waals surface area contributed by atoms with Gasteiger partial charge in [-0.05, 0) is 24.6 Å². The lowest BCUT2D eigenvalue weighted by atomic mass is 10.1. The smallest absolute Gasteiger partial charge is 0.265 e. The van der Waals surface area contributed by atoms with E-state index >= 15 is 0 Å². The molecule has 13 heavy (non-hydrogen) atoms. The van der Waals surface area contributed by atoms with Crippen molar-refractivity contribution < 1.29 is 4.79 Å². The molecule has 0 aliphatic heterocycles. The van der Waals surface area contributed by atoms with Crippen LogP contribution in [0.5, 0.6) is 0 Å². The van der Waals surface area contributed by atoms with Gasteiger partial charge in [-0.3, -0.25) is 10.2 Å². The zero-order chi connectivity index (χ0) is 10.0. The molecule has 1 rings (SSSR count). The molecule has 1 aromatic rings. The van der Waals surface area contributed by atoms with Gasteiger partial charge in [-0.2, -0.15) is 0 Å². The molecule has 0 atom stereocenters. The molecule has 0 heterocycles. The fraction of sp³-hybridized carbons (Fsp3) is 0.125. The first kappa shape index (κ1) is 10.7. The zero-order valence-corrected chi connectivity index (χ0v) is 10.1. The number of nitrogens with two attached hydrogens (primary N) is 1. The molecule has 0 spiro atoms. The van der Waals surface area contributed by atoms with Crippen molar-refractivity contribution in [2.75, 3.05) is 0 Å². The molecule has 0 aliphatic carbocycles. The maximum atomic E-state index is 11.2. The first-order valence-corrected chi connectivity index (χ1v) is 5.11. The highest BCUT2D eigenvalue weighted by Crippen LogP contribution is 2.26. The third kappa shape index (κ3) is 2.30. The molecule has 0 fully saturated rings. The normalized spacial score (nSPS) is 9.85. The van der Waals surface area contributed by atoms with Gasteiger partial charge in [0.05, 0.1) is 0 Å². The van der Waals surface area contributed by atoms with Crippen molar-refractivity contribution in [3.8, 4) is 0 Å². The van der Waals surface area contributed by atoms with Crippen molar-refractivity contribution in [3.05, 3.63) is 32.2 Å². The third-order valence-electron chi connectivity index (χ3n) is 1.67. The van der Waals surface area contributed by atoms with Crippen LogP contribution in [0.15, 0.2) is 21.1 Å². The summed E-state index contributed by atoms with van der Waals surface area (Å²) >= 11 is 6.69. The first-order chi connectivity index (χ1) is 6.06. The van der Waals surface area contributed by atoms with Crippen LogP contribution < -0.4 is 11.3 Å². The molecule has 0 radical (unpaired) electrons. The predicted molar refractivity (Wildman–Crippen MR) is 58.2 cm³/mol. The summed E-state index contributed by atoms with van der Waals surface area (Å²) in [7, 11) is 0. The molecular weight excluding hydrogens is 300 g/mol. The molecule has 70 valence electrons. The Morgan fingerprint density at radius 1 is 1.38 bits per heavy atom. The van der Waals surface area contributed by atoms with E-state index in [1.54, 1.807) is 12.1 Å². The maximum absolute atomic E-state index is 11.2. The molecule has 3 nitrogen and oxygen atoms in total. The largest absolute Gasteiger partial charge is 0.290 e. The number of amides is 1. The minimum Gasteiger partial charge on any atom is -0.290 e. The minimum absolute atomic E-state index is 0.304. The van der Waals surface area contributed by atoms with Crippen molar-refractivity contribution in [1.82, 2.24) is 5.43 Å². The second-order valence-corrected chi connectivity index (χ2v) is 4.25. The Hall–Kier alpha value is -0.390. The average Bonchev–Trinajstić information content (AvgIpc) is 2.12. The Balaban J connectivity index is 3.20. The Bertz CT molecular complexity index is 329. The molecule has 0 bridgehead atoms. The quantitative estimate of drug-likeness (QED) is 0.474. The van der Waals surface area contributed by atoms with Gasteiger partial charge in [-0.25, -0.2) is 5.84 Å². The third-order valence-corrected chi connectivity index (χ3v) is 3.32. The molecular formula is C8H8Br2N2O. The highest BCUT2D eigenvalue weighted by Gasteiger charge is 2.08. The number of halogens is 2. The molecule has 0 aromatic heterocycles. The van der Waals surface area contributed by atoms with Crippen LogP contribution in [0, 0.1) is 6.92 Å². The summed E-state index contributed by atoms with van der Waals surface area (Å²) in [5.74, 6) is 4.71. The summed E-state index contributed by atoms with van der Waals surface area (Å²) in [4.78, 5) is 11.2. The Labute approximate surface area is 92.9 Å². The number of nitrogen functional groups attached to an aromatic ring is 1. The summed E-state index contributed by atoms with van der Waals surface area (Å²) < 4.78 is 1.75. The van der Waals surface area contributed by atoms with E-state index in [0.717, 1.165) is 14.5 Å². The van der Waals surface area contributed by atoms with Gasteiger partial charge < -0.3 is 0 Å². The molecule has 0 saturated carbocycles. The van der Waals surface area contributed by atoms with Gasteiger partial charge in [-0.1, -0.05) is 31.9 Å². The summed E-state index contributed by atoms with van der Waals surface area (Å²) in [6.45, 7) is 1.94. The van der Waals surface area contributed by atoms with Crippen LogP contribution in [0.3, 0.4) is 0 Å². The Morgan fingerprint density at radius 3 is 2.23 bits per heavy atom. The fourth-order valence-corrected chi connectivity index (χ4v) is 2.05. The van der Waals surface area contributed by atoms with Crippen LogP contribution in [-0.4, -0.2) is 5.91 Å². The van der Waals surface area contributed by atoms with Gasteiger partial charge >= 0.3 is 0 Å². The number of benzene rings is 1. The lowest BCUT2D eigenvalue weighted by molar-refractivity contribution is 0.0953. The first-order valence-electron chi connectivity index (χ1n) is 3.53. The summed E-state index contributed by atoms with van der Waals surface area (Å²) in [5, 5.41) is 0. The zero-order valence-electron chi connectivity index (χ0n) is 6.90. The molecule has 3 N–H and O–H groups in total. The lowest BCUT2D eigenvalue weighted by Gasteiger charge is -2.05. The summed E-state index contributed by atoms with van der Waals surface area (Å²) in [6, 6.07) is 3.45. The van der Waals surface area contributed by atoms with Crippen LogP contribution in [0.25, 0.3) is 0 Å². The van der Waals surface area contributed by atoms with E-state index in [2.05, 4.69) is 37.3 Å². The van der Waals surface area contributed by atoms with E-state index in [1.165, 1.54) is 0 Å². The molecule has 1 aromatic carbocycles. The average molecular weight is 308 g/mol. The minimum atomic E-state index is -0.304. The second kappa shape index (κ2) is 4.21. The van der Waals surface area contributed by atoms with Crippen molar-refractivity contribution in [2.45, 2.75) is 6.92 Å². The van der Waals surface area contributed by atoms with Crippen LogP contribution in [0.2, 0.25) is 0 Å². The highest BCUT2D eigenvalue weighted by molar-refractivity contribution is 9.11. The van der Waals surface area contributed by atoms with E-state index in [4.69, 9.17) is 5.84 Å². The van der Waals surface area contributed by atoms with E-state index < -0.39 is 0 Å². The fourth-order valence-electron chi connectivity index (χ4n) is 0.860. The van der Waals surface area contributed by atoms with E-state index in [-0.39, 0.29) is 5.91 Å². The van der Waals surface area contributed by atoms with Gasteiger partial charge in [0.15, 0.2) is 0 Å². The number of hydrogen-bond donors (Lipinski definition) is 2. The number of carbonyl (C=O) groups excluding carboxylic acids is 1. The van der Waals surface area contributed by atoms with Crippen molar-refractivity contribution in [2.24, 2.45) is 5.84 Å². The van der Waals surface area contributed by atoms with Gasteiger partial charge in [-0.15, -0.1) is 0 Å². The van der Waals surface area contributed by atoms with Crippen molar-refractivity contribution in [1.29, 1.82) is 0 Å². The van der Waals surface area contributed by atoms with E-state index in [0.29, 0.717) is 5.56 Å². The lowest BCUT2D eigenvalue weighted by Crippen LogP contribution is -2.30. The van der Waals surface area contributed by atoms with Crippen molar-refractivity contribution >= 4 is 37.8 Å². The predicted octanol–water partition coefficient (Wildman–Crippen LogP) is 2.12. The van der Waals surface area contributed by atoms with E-state index in [9.17, 15) is 4.79 Å². The summed E-state index contributed by atoms with van der Waals surface area (Å²) in [6.07, 6.45) is 0. The Kier molecular flexibility index (Phi) is 3.47. The molecule has 0 saturated heterocycles. The molecule has 0 unspecified atom stereocenters. The molecule has 0 aliphatic rings. The van der Waals surface area contributed by atoms with Gasteiger partial charge in [0.1, 0.15) is 0 Å². The van der Waals surface area contributed by atoms with Gasteiger partial charge in [0, 0.05) is 14.5 Å². The number of hydrogen-bond acceptors (Lipinski definition) is 2. The van der Waals surface area contributed by atoms with Gasteiger partial charge in [0.25, 0.3) is 5.91 Å². The number of carbonyl (C=O) groups is 1. The van der Waals surface area contributed by atoms with Crippen molar-refractivity contribution in [3.63, 3.8) is 0 Å². The number of rotatable bonds is 1. The van der Waals surface area contributed by atoms with Crippen LogP contribution >= 0.6 is 31.9 Å². The standard InChI is InChI=1S/C8H8Br2N2O/c1-4-6(9)2-5(3-7(4)10)8(13)12-11/h2-3H,11H2,1H3,(H,12,13). The van der Waals surface area contributed by atoms with Gasteiger partial charge in [0.2, 0.25) is 0 Å². The molecule has 1 amide bonds. The number of hydrazine groups is 1. The maximum Gasteiger partial charge on any atom is 0.265 e. The van der Waals surface area contributed by atoms with Crippen LogP contribution in [0.4, 0.5) is 0 Å². The highest BCUT2D eigenvalue weighted by atomic mass is 79.9. The number of nitrogens with one attached hydrogen (secondary N) is 1. The SMILES string of the molecule is Cc1c(Br)cc(C(=O)NN)cc1Br. The monoisotopic (exact) mass is 306 g/mol. The summed E-state index contributed by atoms with van der Waals surface area (Å²) in [5.41, 5.74) is 3.64. The molecule has 5 heteroatoms. The van der Waals surface area contributed by atoms with E-state index in [1.807, 2.05) is 6.92 Å². The Morgan fingerprint density at radius 2 is 1.85 bits per heavy atom. The van der Waals surface area contributed by atoms with Crippen LogP contribution in [0.1, 0.15) is 15.9 Å². The topological polar surface area (TPSA) is 55.1 Å².